The zero-order valence-electron chi connectivity index (χ0n) is 11.3. The van der Waals surface area contributed by atoms with Gasteiger partial charge in [0, 0.05) is 25.3 Å². The number of likely N-dealkylation sites (N-methyl/N-ethyl adjacent to an activating group) is 1. The highest BCUT2D eigenvalue weighted by Crippen LogP contribution is 2.24. The summed E-state index contributed by atoms with van der Waals surface area (Å²) in [6.07, 6.45) is 0. The van der Waals surface area contributed by atoms with Crippen molar-refractivity contribution in [1.82, 2.24) is 10.6 Å². The minimum Gasteiger partial charge on any atom is -0.356 e. The molecular formula is C14H21N3O. The number of amides is 1. The van der Waals surface area contributed by atoms with Crippen molar-refractivity contribution in [3.63, 3.8) is 0 Å². The predicted molar refractivity (Wildman–Crippen MR) is 74.0 cm³/mol. The standard InChI is InChI=1S/C14H21N3O/c1-10-4-5-11(2)12(8-10)17-7-6-16-14(18)13(17)9-15-3/h4-5,8,13,15H,6-7,9H2,1-3H3,(H,16,18). The van der Waals surface area contributed by atoms with Gasteiger partial charge in [0.15, 0.2) is 0 Å². The summed E-state index contributed by atoms with van der Waals surface area (Å²) in [6.45, 7) is 6.42. The van der Waals surface area contributed by atoms with E-state index in [4.69, 9.17) is 0 Å². The van der Waals surface area contributed by atoms with Gasteiger partial charge in [-0.1, -0.05) is 12.1 Å². The van der Waals surface area contributed by atoms with Crippen molar-refractivity contribution in [2.45, 2.75) is 19.9 Å². The molecule has 1 fully saturated rings. The molecular weight excluding hydrogens is 226 g/mol. The molecule has 1 atom stereocenters. The normalized spacial score (nSPS) is 19.8. The molecule has 0 aromatic heterocycles. The average molecular weight is 247 g/mol. The van der Waals surface area contributed by atoms with Crippen molar-refractivity contribution in [3.05, 3.63) is 29.3 Å². The first-order chi connectivity index (χ1) is 8.63. The van der Waals surface area contributed by atoms with Gasteiger partial charge in [-0.25, -0.2) is 0 Å². The Labute approximate surface area is 108 Å². The molecule has 18 heavy (non-hydrogen) atoms. The highest BCUT2D eigenvalue weighted by atomic mass is 16.2. The topological polar surface area (TPSA) is 44.4 Å². The van der Waals surface area contributed by atoms with Gasteiger partial charge in [-0.2, -0.15) is 0 Å². The third-order valence-electron chi connectivity index (χ3n) is 3.40. The Morgan fingerprint density at radius 3 is 2.94 bits per heavy atom. The molecule has 1 amide bonds. The third-order valence-corrected chi connectivity index (χ3v) is 3.40. The zero-order chi connectivity index (χ0) is 13.1. The number of hydrogen-bond donors (Lipinski definition) is 2. The Balaban J connectivity index is 2.33. The summed E-state index contributed by atoms with van der Waals surface area (Å²) < 4.78 is 0. The van der Waals surface area contributed by atoms with Crippen LogP contribution in [0.25, 0.3) is 0 Å². The number of hydrogen-bond acceptors (Lipinski definition) is 3. The van der Waals surface area contributed by atoms with Crippen LogP contribution < -0.4 is 15.5 Å². The molecule has 0 bridgehead atoms. The Bertz CT molecular complexity index is 445. The maximum absolute atomic E-state index is 12.0. The summed E-state index contributed by atoms with van der Waals surface area (Å²) in [5.41, 5.74) is 3.62. The zero-order valence-corrected chi connectivity index (χ0v) is 11.3. The number of rotatable bonds is 3. The van der Waals surface area contributed by atoms with Gasteiger partial charge in [0.2, 0.25) is 5.91 Å². The van der Waals surface area contributed by atoms with Gasteiger partial charge in [-0.3, -0.25) is 4.79 Å². The summed E-state index contributed by atoms with van der Waals surface area (Å²) in [4.78, 5) is 14.2. The van der Waals surface area contributed by atoms with Gasteiger partial charge in [0.05, 0.1) is 0 Å². The Kier molecular flexibility index (Phi) is 3.87. The van der Waals surface area contributed by atoms with E-state index in [2.05, 4.69) is 47.6 Å². The van der Waals surface area contributed by atoms with Crippen molar-refractivity contribution in [2.75, 3.05) is 31.6 Å². The van der Waals surface area contributed by atoms with Crippen LogP contribution in [0.5, 0.6) is 0 Å². The van der Waals surface area contributed by atoms with Gasteiger partial charge < -0.3 is 15.5 Å². The fourth-order valence-corrected chi connectivity index (χ4v) is 2.43. The van der Waals surface area contributed by atoms with E-state index in [9.17, 15) is 4.79 Å². The second kappa shape index (κ2) is 5.40. The smallest absolute Gasteiger partial charge is 0.244 e. The molecule has 0 radical (unpaired) electrons. The van der Waals surface area contributed by atoms with E-state index >= 15 is 0 Å². The quantitative estimate of drug-likeness (QED) is 0.831. The largest absolute Gasteiger partial charge is 0.356 e. The molecule has 2 N–H and O–H groups in total. The SMILES string of the molecule is CNCC1C(=O)NCCN1c1cc(C)ccc1C. The Hall–Kier alpha value is -1.55. The lowest BCUT2D eigenvalue weighted by Gasteiger charge is -2.37. The minimum atomic E-state index is -0.121. The summed E-state index contributed by atoms with van der Waals surface area (Å²) >= 11 is 0. The summed E-state index contributed by atoms with van der Waals surface area (Å²) in [5, 5.41) is 6.03. The van der Waals surface area contributed by atoms with Gasteiger partial charge >= 0.3 is 0 Å². The molecule has 1 aliphatic rings. The molecule has 2 rings (SSSR count). The number of carbonyl (C=O) groups excluding carboxylic acids is 1. The highest BCUT2D eigenvalue weighted by molar-refractivity contribution is 5.87. The van der Waals surface area contributed by atoms with Crippen LogP contribution in [-0.4, -0.2) is 38.6 Å². The highest BCUT2D eigenvalue weighted by Gasteiger charge is 2.29. The lowest BCUT2D eigenvalue weighted by atomic mass is 10.1. The van der Waals surface area contributed by atoms with Crippen molar-refractivity contribution in [1.29, 1.82) is 0 Å². The molecule has 1 aromatic rings. The summed E-state index contributed by atoms with van der Waals surface area (Å²) in [5.74, 6) is 0.108. The van der Waals surface area contributed by atoms with Crippen molar-refractivity contribution < 1.29 is 4.79 Å². The van der Waals surface area contributed by atoms with Crippen LogP contribution in [0.4, 0.5) is 5.69 Å². The molecule has 1 aromatic carbocycles. The van der Waals surface area contributed by atoms with E-state index in [1.165, 1.54) is 16.8 Å². The lowest BCUT2D eigenvalue weighted by molar-refractivity contribution is -0.123. The van der Waals surface area contributed by atoms with Crippen molar-refractivity contribution in [2.24, 2.45) is 0 Å². The fourth-order valence-electron chi connectivity index (χ4n) is 2.43. The van der Waals surface area contributed by atoms with Crippen LogP contribution in [0.15, 0.2) is 18.2 Å². The van der Waals surface area contributed by atoms with Crippen LogP contribution in [0.1, 0.15) is 11.1 Å². The second-order valence-corrected chi connectivity index (χ2v) is 4.85. The van der Waals surface area contributed by atoms with E-state index in [1.54, 1.807) is 0 Å². The van der Waals surface area contributed by atoms with E-state index in [0.717, 1.165) is 6.54 Å². The maximum atomic E-state index is 12.0. The number of nitrogens with zero attached hydrogens (tertiary/aromatic N) is 1. The number of benzene rings is 1. The maximum Gasteiger partial charge on any atom is 0.244 e. The van der Waals surface area contributed by atoms with E-state index < -0.39 is 0 Å². The number of aryl methyl sites for hydroxylation is 2. The predicted octanol–water partition coefficient (Wildman–Crippen LogP) is 0.828. The average Bonchev–Trinajstić information content (AvgIpc) is 2.35. The first-order valence-corrected chi connectivity index (χ1v) is 6.39. The Morgan fingerprint density at radius 2 is 2.22 bits per heavy atom. The van der Waals surface area contributed by atoms with Crippen LogP contribution in [0, 0.1) is 13.8 Å². The van der Waals surface area contributed by atoms with E-state index in [-0.39, 0.29) is 11.9 Å². The lowest BCUT2D eigenvalue weighted by Crippen LogP contribution is -2.58. The molecule has 1 unspecified atom stereocenters. The third kappa shape index (κ3) is 2.48. The van der Waals surface area contributed by atoms with Crippen LogP contribution >= 0.6 is 0 Å². The molecule has 1 saturated heterocycles. The van der Waals surface area contributed by atoms with Crippen molar-refractivity contribution in [3.8, 4) is 0 Å². The fraction of sp³-hybridized carbons (Fsp3) is 0.500. The van der Waals surface area contributed by atoms with E-state index in [0.29, 0.717) is 13.1 Å². The van der Waals surface area contributed by atoms with Gasteiger partial charge in [-0.05, 0) is 38.1 Å². The number of carbonyl (C=O) groups is 1. The van der Waals surface area contributed by atoms with Crippen molar-refractivity contribution >= 4 is 11.6 Å². The number of anilines is 1. The summed E-state index contributed by atoms with van der Waals surface area (Å²) in [7, 11) is 1.88. The molecule has 1 heterocycles. The molecule has 98 valence electrons. The molecule has 0 spiro atoms. The molecule has 1 aliphatic heterocycles. The van der Waals surface area contributed by atoms with Gasteiger partial charge in [-0.15, -0.1) is 0 Å². The molecule has 4 nitrogen and oxygen atoms in total. The Morgan fingerprint density at radius 1 is 1.44 bits per heavy atom. The second-order valence-electron chi connectivity index (χ2n) is 4.85. The number of piperazine rings is 1. The van der Waals surface area contributed by atoms with Crippen LogP contribution in [-0.2, 0) is 4.79 Å². The van der Waals surface area contributed by atoms with Crippen LogP contribution in [0.3, 0.4) is 0 Å². The van der Waals surface area contributed by atoms with Gasteiger partial charge in [0.25, 0.3) is 0 Å². The van der Waals surface area contributed by atoms with E-state index in [1.807, 2.05) is 7.05 Å². The number of nitrogens with one attached hydrogen (secondary N) is 2. The molecule has 0 saturated carbocycles. The molecule has 4 heteroatoms. The first kappa shape index (κ1) is 12.9. The molecule has 0 aliphatic carbocycles. The monoisotopic (exact) mass is 247 g/mol. The van der Waals surface area contributed by atoms with Gasteiger partial charge in [0.1, 0.15) is 6.04 Å². The summed E-state index contributed by atoms with van der Waals surface area (Å²) in [6, 6.07) is 6.27. The minimum absolute atomic E-state index is 0.108. The first-order valence-electron chi connectivity index (χ1n) is 6.39. The van der Waals surface area contributed by atoms with Crippen LogP contribution in [0.2, 0.25) is 0 Å².